The molecule has 4 fully saturated rings. The molecular weight excluding hydrogens is 256 g/mol. The molecule has 120 valence electrons. The second-order valence-corrected chi connectivity index (χ2v) is 8.68. The zero-order chi connectivity index (χ0) is 14.4. The highest BCUT2D eigenvalue weighted by atomic mass is 15.2. The van der Waals surface area contributed by atoms with Gasteiger partial charge in [-0.2, -0.15) is 0 Å². The van der Waals surface area contributed by atoms with Gasteiger partial charge >= 0.3 is 0 Å². The Kier molecular flexibility index (Phi) is 4.04. The topological polar surface area (TPSA) is 15.3 Å². The lowest BCUT2D eigenvalue weighted by molar-refractivity contribution is 0.191. The molecular formula is C19H34N2. The maximum Gasteiger partial charge on any atom is 0.0103 e. The van der Waals surface area contributed by atoms with E-state index in [1.165, 1.54) is 45.2 Å². The largest absolute Gasteiger partial charge is 0.311 e. The van der Waals surface area contributed by atoms with Gasteiger partial charge < -0.3 is 10.2 Å². The Morgan fingerprint density at radius 1 is 0.857 bits per heavy atom. The van der Waals surface area contributed by atoms with Crippen LogP contribution in [-0.2, 0) is 0 Å². The van der Waals surface area contributed by atoms with E-state index < -0.39 is 0 Å². The number of hydrogen-bond donors (Lipinski definition) is 1. The van der Waals surface area contributed by atoms with E-state index in [-0.39, 0.29) is 0 Å². The van der Waals surface area contributed by atoms with E-state index in [4.69, 9.17) is 0 Å². The highest BCUT2D eigenvalue weighted by Crippen LogP contribution is 2.58. The van der Waals surface area contributed by atoms with Crippen molar-refractivity contribution < 1.29 is 0 Å². The van der Waals surface area contributed by atoms with Crippen LogP contribution in [0.4, 0.5) is 0 Å². The van der Waals surface area contributed by atoms with E-state index in [1.807, 2.05) is 0 Å². The molecule has 0 aromatic rings. The third kappa shape index (κ3) is 2.67. The molecule has 1 N–H and O–H groups in total. The van der Waals surface area contributed by atoms with Gasteiger partial charge in [0.2, 0.25) is 0 Å². The smallest absolute Gasteiger partial charge is 0.0103 e. The van der Waals surface area contributed by atoms with Crippen molar-refractivity contribution in [3.8, 4) is 0 Å². The van der Waals surface area contributed by atoms with Crippen LogP contribution in [0.5, 0.6) is 0 Å². The van der Waals surface area contributed by atoms with Gasteiger partial charge in [-0.25, -0.2) is 0 Å². The highest BCUT2D eigenvalue weighted by molar-refractivity contribution is 5.06. The molecule has 0 amide bonds. The minimum absolute atomic E-state index is 0.727. The average molecular weight is 290 g/mol. The lowest BCUT2D eigenvalue weighted by Gasteiger charge is -2.34. The first-order valence-corrected chi connectivity index (χ1v) is 9.72. The van der Waals surface area contributed by atoms with E-state index in [0.717, 1.165) is 41.8 Å². The van der Waals surface area contributed by atoms with Crippen LogP contribution < -0.4 is 5.32 Å². The zero-order valence-electron chi connectivity index (χ0n) is 14.1. The molecule has 1 saturated heterocycles. The maximum absolute atomic E-state index is 4.13. The summed E-state index contributed by atoms with van der Waals surface area (Å²) in [4.78, 5) is 2.68. The molecule has 0 radical (unpaired) electrons. The standard InChI is InChI=1S/C19H34N2/c1-13(2)21-9-4-5-15(8-10-21)20-19-12-14-11-18(19)17-7-3-6-16(14)17/h13-20H,3-12H2,1-2H3. The van der Waals surface area contributed by atoms with Crippen LogP contribution in [0.1, 0.15) is 65.2 Å². The van der Waals surface area contributed by atoms with Gasteiger partial charge in [0.25, 0.3) is 0 Å². The fourth-order valence-corrected chi connectivity index (χ4v) is 6.36. The van der Waals surface area contributed by atoms with Crippen molar-refractivity contribution in [2.75, 3.05) is 13.1 Å². The Bertz CT molecular complexity index is 367. The second kappa shape index (κ2) is 5.85. The first-order chi connectivity index (χ1) is 10.2. The number of rotatable bonds is 3. The molecule has 0 aromatic heterocycles. The Balaban J connectivity index is 1.33. The van der Waals surface area contributed by atoms with Crippen molar-refractivity contribution in [2.24, 2.45) is 23.7 Å². The zero-order valence-corrected chi connectivity index (χ0v) is 14.1. The lowest BCUT2D eigenvalue weighted by atomic mass is 9.79. The maximum atomic E-state index is 4.13. The molecule has 6 unspecified atom stereocenters. The molecule has 2 heteroatoms. The second-order valence-electron chi connectivity index (χ2n) is 8.68. The van der Waals surface area contributed by atoms with Crippen LogP contribution in [0.15, 0.2) is 0 Å². The number of nitrogens with one attached hydrogen (secondary N) is 1. The molecule has 0 spiro atoms. The average Bonchev–Trinajstić information content (AvgIpc) is 3.09. The Morgan fingerprint density at radius 2 is 1.71 bits per heavy atom. The van der Waals surface area contributed by atoms with E-state index in [1.54, 1.807) is 19.3 Å². The summed E-state index contributed by atoms with van der Waals surface area (Å²) >= 11 is 0. The molecule has 4 rings (SSSR count). The SMILES string of the molecule is CC(C)N1CCCC(NC2CC3CC2C2CCCC32)CC1. The van der Waals surface area contributed by atoms with Crippen LogP contribution in [0.3, 0.4) is 0 Å². The number of nitrogens with zero attached hydrogens (tertiary/aromatic N) is 1. The molecule has 3 saturated carbocycles. The summed E-state index contributed by atoms with van der Waals surface area (Å²) in [6.07, 6.45) is 11.9. The van der Waals surface area contributed by atoms with Crippen LogP contribution in [0.25, 0.3) is 0 Å². The van der Waals surface area contributed by atoms with Crippen LogP contribution >= 0.6 is 0 Å². The Morgan fingerprint density at radius 3 is 2.57 bits per heavy atom. The molecule has 2 bridgehead atoms. The third-order valence-corrected chi connectivity index (χ3v) is 7.37. The third-order valence-electron chi connectivity index (χ3n) is 7.37. The molecule has 1 aliphatic heterocycles. The number of likely N-dealkylation sites (tertiary alicyclic amines) is 1. The van der Waals surface area contributed by atoms with Gasteiger partial charge in [-0.05, 0) is 95.6 Å². The van der Waals surface area contributed by atoms with Crippen LogP contribution in [0.2, 0.25) is 0 Å². The molecule has 1 heterocycles. The summed E-state index contributed by atoms with van der Waals surface area (Å²) in [5, 5.41) is 4.13. The minimum Gasteiger partial charge on any atom is -0.311 e. The van der Waals surface area contributed by atoms with Gasteiger partial charge in [0, 0.05) is 18.1 Å². The van der Waals surface area contributed by atoms with Gasteiger partial charge in [-0.3, -0.25) is 0 Å². The molecule has 2 nitrogen and oxygen atoms in total. The quantitative estimate of drug-likeness (QED) is 0.853. The van der Waals surface area contributed by atoms with E-state index in [2.05, 4.69) is 24.1 Å². The predicted octanol–water partition coefficient (Wildman–Crippen LogP) is 3.66. The van der Waals surface area contributed by atoms with Gasteiger partial charge in [-0.1, -0.05) is 6.42 Å². The molecule has 6 atom stereocenters. The fourth-order valence-electron chi connectivity index (χ4n) is 6.36. The van der Waals surface area contributed by atoms with Gasteiger partial charge in [0.15, 0.2) is 0 Å². The first-order valence-electron chi connectivity index (χ1n) is 9.72. The lowest BCUT2D eigenvalue weighted by Crippen LogP contribution is -2.45. The van der Waals surface area contributed by atoms with Crippen molar-refractivity contribution in [1.82, 2.24) is 10.2 Å². The summed E-state index contributed by atoms with van der Waals surface area (Å²) in [5.41, 5.74) is 0. The normalized spacial score (nSPS) is 47.0. The summed E-state index contributed by atoms with van der Waals surface area (Å²) < 4.78 is 0. The van der Waals surface area contributed by atoms with Crippen molar-refractivity contribution in [3.63, 3.8) is 0 Å². The number of hydrogen-bond acceptors (Lipinski definition) is 2. The molecule has 3 aliphatic carbocycles. The highest BCUT2D eigenvalue weighted by Gasteiger charge is 2.53. The summed E-state index contributed by atoms with van der Waals surface area (Å²) in [6.45, 7) is 7.33. The van der Waals surface area contributed by atoms with Gasteiger partial charge in [0.05, 0.1) is 0 Å². The predicted molar refractivity (Wildman–Crippen MR) is 88.3 cm³/mol. The molecule has 21 heavy (non-hydrogen) atoms. The Labute approximate surface area is 131 Å². The summed E-state index contributed by atoms with van der Waals surface area (Å²) in [7, 11) is 0. The van der Waals surface area contributed by atoms with Crippen LogP contribution in [-0.4, -0.2) is 36.1 Å². The van der Waals surface area contributed by atoms with Crippen LogP contribution in [0, 0.1) is 23.7 Å². The Hall–Kier alpha value is -0.0800. The van der Waals surface area contributed by atoms with Crippen molar-refractivity contribution in [2.45, 2.75) is 83.3 Å². The van der Waals surface area contributed by atoms with Crippen molar-refractivity contribution in [1.29, 1.82) is 0 Å². The van der Waals surface area contributed by atoms with E-state index >= 15 is 0 Å². The van der Waals surface area contributed by atoms with Gasteiger partial charge in [-0.15, -0.1) is 0 Å². The minimum atomic E-state index is 0.727. The van der Waals surface area contributed by atoms with E-state index in [0.29, 0.717) is 0 Å². The van der Waals surface area contributed by atoms with Gasteiger partial charge in [0.1, 0.15) is 0 Å². The fraction of sp³-hybridized carbons (Fsp3) is 1.00. The molecule has 0 aromatic carbocycles. The van der Waals surface area contributed by atoms with E-state index in [9.17, 15) is 0 Å². The molecule has 4 aliphatic rings. The monoisotopic (exact) mass is 290 g/mol. The number of fused-ring (bicyclic) bond motifs is 5. The van der Waals surface area contributed by atoms with Crippen molar-refractivity contribution in [3.05, 3.63) is 0 Å². The summed E-state index contributed by atoms with van der Waals surface area (Å²) in [5.74, 6) is 4.39. The summed E-state index contributed by atoms with van der Waals surface area (Å²) in [6, 6.07) is 2.41. The van der Waals surface area contributed by atoms with Crippen molar-refractivity contribution >= 4 is 0 Å². The first kappa shape index (κ1) is 14.5.